The number of hydrogen-bond donors (Lipinski definition) is 0. The van der Waals surface area contributed by atoms with E-state index in [2.05, 4.69) is 46.8 Å². The van der Waals surface area contributed by atoms with Crippen molar-refractivity contribution in [2.24, 2.45) is 16.7 Å². The molecule has 1 fully saturated rings. The Balaban J connectivity index is 2.77. The highest BCUT2D eigenvalue weighted by molar-refractivity contribution is 5.99. The van der Waals surface area contributed by atoms with Crippen LogP contribution < -0.4 is 0 Å². The van der Waals surface area contributed by atoms with Crippen LogP contribution in [0.5, 0.6) is 0 Å². The van der Waals surface area contributed by atoms with Gasteiger partial charge in [0.15, 0.2) is 0 Å². The van der Waals surface area contributed by atoms with Crippen LogP contribution in [0.15, 0.2) is 30.3 Å². The number of hydrogen-bond acceptors (Lipinski definition) is 2. The van der Waals surface area contributed by atoms with Crippen LogP contribution in [-0.2, 0) is 14.6 Å². The zero-order chi connectivity index (χ0) is 16.6. The van der Waals surface area contributed by atoms with E-state index >= 15 is 0 Å². The van der Waals surface area contributed by atoms with Crippen molar-refractivity contribution in [3.8, 4) is 0 Å². The van der Waals surface area contributed by atoms with E-state index in [9.17, 15) is 4.79 Å². The van der Waals surface area contributed by atoms with Crippen LogP contribution in [0.1, 0.15) is 53.0 Å². The highest BCUT2D eigenvalue weighted by Gasteiger charge is 2.63. The second kappa shape index (κ2) is 5.93. The molecule has 1 saturated carbocycles. The average molecular weight is 319 g/mol. The van der Waals surface area contributed by atoms with E-state index < -0.39 is 5.41 Å². The Kier molecular flexibility index (Phi) is 4.70. The summed E-state index contributed by atoms with van der Waals surface area (Å²) in [7, 11) is 0.655. The smallest absolute Gasteiger partial charge is 0.146 e. The average Bonchev–Trinajstić information content (AvgIpc) is 2.47. The molecule has 0 aromatic heterocycles. The predicted octanol–water partition coefficient (Wildman–Crippen LogP) is 3.27. The lowest BCUT2D eigenvalue weighted by Crippen LogP contribution is -2.63. The molecule has 3 atom stereocenters. The molecule has 2 nitrogen and oxygen atoms in total. The Morgan fingerprint density at radius 3 is 2.36 bits per heavy atom. The molecule has 0 saturated heterocycles. The second-order valence-electron chi connectivity index (χ2n) is 8.02. The summed E-state index contributed by atoms with van der Waals surface area (Å²) < 4.78 is 5.77. The van der Waals surface area contributed by atoms with Crippen LogP contribution >= 0.6 is 0 Å². The normalized spacial score (nSPS) is 33.1. The standard InChI is InChI=1S/C19H30O2Si/c1-14-11-12-16(20)19(13-21-22,15-9-7-6-8-10-15)18(14,5)17(2,3)4/h6-10,14H,11-13H2,1-5,22H3/t14?,18-,19+/m0/s1. The summed E-state index contributed by atoms with van der Waals surface area (Å²) in [5.41, 5.74) is 0.464. The fourth-order valence-corrected chi connectivity index (χ4v) is 5.09. The van der Waals surface area contributed by atoms with Gasteiger partial charge in [-0.25, -0.2) is 0 Å². The number of carbonyl (C=O) groups is 1. The zero-order valence-electron chi connectivity index (χ0n) is 14.9. The first-order chi connectivity index (χ1) is 10.2. The molecule has 3 heteroatoms. The molecule has 0 radical (unpaired) electrons. The molecule has 1 unspecified atom stereocenters. The Labute approximate surface area is 138 Å². The highest BCUT2D eigenvalue weighted by atomic mass is 28.2. The van der Waals surface area contributed by atoms with E-state index in [1.807, 2.05) is 18.2 Å². The molecule has 0 aliphatic heterocycles. The van der Waals surface area contributed by atoms with Gasteiger partial charge in [0.05, 0.1) is 5.41 Å². The van der Waals surface area contributed by atoms with Crippen LogP contribution in [-0.4, -0.2) is 22.9 Å². The first-order valence-corrected chi connectivity index (χ1v) is 9.11. The van der Waals surface area contributed by atoms with E-state index in [0.29, 0.717) is 35.2 Å². The van der Waals surface area contributed by atoms with E-state index in [0.717, 1.165) is 12.0 Å². The molecule has 122 valence electrons. The lowest BCUT2D eigenvalue weighted by atomic mass is 9.42. The first-order valence-electron chi connectivity index (χ1n) is 8.29. The molecule has 1 aliphatic rings. The van der Waals surface area contributed by atoms with Crippen molar-refractivity contribution in [2.45, 2.75) is 52.9 Å². The third-order valence-electron chi connectivity index (χ3n) is 6.34. The van der Waals surface area contributed by atoms with Crippen molar-refractivity contribution in [1.82, 2.24) is 0 Å². The summed E-state index contributed by atoms with van der Waals surface area (Å²) in [6, 6.07) is 10.3. The van der Waals surface area contributed by atoms with Crippen LogP contribution in [0.3, 0.4) is 0 Å². The Morgan fingerprint density at radius 1 is 1.27 bits per heavy atom. The Bertz CT molecular complexity index is 534. The Hall–Kier alpha value is -0.933. The summed E-state index contributed by atoms with van der Waals surface area (Å²) in [5, 5.41) is 0. The number of ketones is 1. The molecule has 0 spiro atoms. The predicted molar refractivity (Wildman–Crippen MR) is 95.0 cm³/mol. The SMILES string of the molecule is CC1CCC(=O)[C@@](CO[SiH3])(c2ccccc2)[C@]1(C)C(C)(C)C. The molecule has 0 N–H and O–H groups in total. The number of Topliss-reactive ketones (excluding diaryl/α,β-unsaturated/α-hetero) is 1. The van der Waals surface area contributed by atoms with Crippen molar-refractivity contribution in [1.29, 1.82) is 0 Å². The fourth-order valence-electron chi connectivity index (χ4n) is 4.65. The van der Waals surface area contributed by atoms with Gasteiger partial charge in [0.2, 0.25) is 0 Å². The minimum absolute atomic E-state index is 0.0123. The molecule has 1 aliphatic carbocycles. The van der Waals surface area contributed by atoms with Crippen molar-refractivity contribution in [3.05, 3.63) is 35.9 Å². The number of carbonyl (C=O) groups excluding carboxylic acids is 1. The third kappa shape index (κ3) is 2.30. The maximum Gasteiger partial charge on any atom is 0.146 e. The van der Waals surface area contributed by atoms with Crippen molar-refractivity contribution in [2.75, 3.05) is 6.61 Å². The van der Waals surface area contributed by atoms with Gasteiger partial charge >= 0.3 is 0 Å². The van der Waals surface area contributed by atoms with Crippen LogP contribution in [0, 0.1) is 16.7 Å². The minimum atomic E-state index is -0.536. The maximum atomic E-state index is 13.2. The minimum Gasteiger partial charge on any atom is -0.427 e. The molecule has 0 amide bonds. The lowest BCUT2D eigenvalue weighted by Gasteiger charge is -2.60. The van der Waals surface area contributed by atoms with E-state index in [1.165, 1.54) is 0 Å². The fraction of sp³-hybridized carbons (Fsp3) is 0.632. The largest absolute Gasteiger partial charge is 0.427 e. The summed E-state index contributed by atoms with van der Waals surface area (Å²) in [6.45, 7) is 11.9. The summed E-state index contributed by atoms with van der Waals surface area (Å²) >= 11 is 0. The summed E-state index contributed by atoms with van der Waals surface area (Å²) in [5.74, 6) is 0.826. The van der Waals surface area contributed by atoms with Crippen LogP contribution in [0.4, 0.5) is 0 Å². The number of benzene rings is 1. The van der Waals surface area contributed by atoms with E-state index in [4.69, 9.17) is 4.43 Å². The van der Waals surface area contributed by atoms with Gasteiger partial charge in [-0.15, -0.1) is 0 Å². The molecule has 0 heterocycles. The molecule has 22 heavy (non-hydrogen) atoms. The maximum absolute atomic E-state index is 13.2. The zero-order valence-corrected chi connectivity index (χ0v) is 16.9. The van der Waals surface area contributed by atoms with Gasteiger partial charge in [-0.1, -0.05) is 65.0 Å². The van der Waals surface area contributed by atoms with Gasteiger partial charge in [-0.3, -0.25) is 4.79 Å². The van der Waals surface area contributed by atoms with E-state index in [-0.39, 0.29) is 10.8 Å². The molecule has 1 aromatic carbocycles. The monoisotopic (exact) mass is 318 g/mol. The third-order valence-corrected chi connectivity index (χ3v) is 6.63. The van der Waals surface area contributed by atoms with Gasteiger partial charge in [0, 0.05) is 13.0 Å². The van der Waals surface area contributed by atoms with Gasteiger partial charge < -0.3 is 4.43 Å². The molecule has 0 bridgehead atoms. The quantitative estimate of drug-likeness (QED) is 0.800. The van der Waals surface area contributed by atoms with Gasteiger partial charge in [0.25, 0.3) is 0 Å². The van der Waals surface area contributed by atoms with Gasteiger partial charge in [0.1, 0.15) is 16.3 Å². The summed E-state index contributed by atoms with van der Waals surface area (Å²) in [6.07, 6.45) is 1.63. The van der Waals surface area contributed by atoms with Crippen LogP contribution in [0.2, 0.25) is 0 Å². The van der Waals surface area contributed by atoms with Gasteiger partial charge in [-0.2, -0.15) is 0 Å². The Morgan fingerprint density at radius 2 is 1.86 bits per heavy atom. The van der Waals surface area contributed by atoms with Crippen molar-refractivity contribution in [3.63, 3.8) is 0 Å². The number of rotatable bonds is 3. The highest BCUT2D eigenvalue weighted by Crippen LogP contribution is 2.61. The second-order valence-corrected chi connectivity index (χ2v) is 8.60. The summed E-state index contributed by atoms with van der Waals surface area (Å²) in [4.78, 5) is 13.2. The topological polar surface area (TPSA) is 26.3 Å². The first kappa shape index (κ1) is 17.4. The molecular formula is C19H30O2Si. The molecule has 1 aromatic rings. The molecular weight excluding hydrogens is 288 g/mol. The van der Waals surface area contributed by atoms with Crippen molar-refractivity contribution >= 4 is 16.3 Å². The van der Waals surface area contributed by atoms with Gasteiger partial charge in [-0.05, 0) is 28.7 Å². The van der Waals surface area contributed by atoms with E-state index in [1.54, 1.807) is 0 Å². The lowest BCUT2D eigenvalue weighted by molar-refractivity contribution is -0.151. The van der Waals surface area contributed by atoms with Crippen molar-refractivity contribution < 1.29 is 9.22 Å². The van der Waals surface area contributed by atoms with Crippen LogP contribution in [0.25, 0.3) is 0 Å². The molecule has 2 rings (SSSR count).